The Kier molecular flexibility index (Phi) is 5.36. The van der Waals surface area contributed by atoms with E-state index in [1.807, 2.05) is 12.1 Å². The minimum absolute atomic E-state index is 0.0512. The standard InChI is InChI=1S/C14H19BrN2O2/c1-2-17-7-8-19-13(10-17)9-16-14(18)11-3-5-12(15)6-4-11/h3-6,13H,2,7-10H2,1H3,(H,16,18). The number of ether oxygens (including phenoxy) is 1. The lowest BCUT2D eigenvalue weighted by Gasteiger charge is -2.32. The molecule has 5 heteroatoms. The number of amides is 1. The van der Waals surface area contributed by atoms with Crippen LogP contribution in [0.2, 0.25) is 0 Å². The summed E-state index contributed by atoms with van der Waals surface area (Å²) in [6.45, 7) is 6.34. The van der Waals surface area contributed by atoms with Crippen molar-refractivity contribution in [1.29, 1.82) is 0 Å². The first-order valence-corrected chi connectivity index (χ1v) is 7.36. The summed E-state index contributed by atoms with van der Waals surface area (Å²) in [7, 11) is 0. The quantitative estimate of drug-likeness (QED) is 0.918. The number of hydrogen-bond acceptors (Lipinski definition) is 3. The van der Waals surface area contributed by atoms with Gasteiger partial charge in [-0.25, -0.2) is 0 Å². The zero-order valence-corrected chi connectivity index (χ0v) is 12.6. The van der Waals surface area contributed by atoms with Gasteiger partial charge in [0.2, 0.25) is 0 Å². The van der Waals surface area contributed by atoms with Crippen LogP contribution in [0.1, 0.15) is 17.3 Å². The van der Waals surface area contributed by atoms with Gasteiger partial charge in [-0.05, 0) is 30.8 Å². The molecule has 0 bridgehead atoms. The number of likely N-dealkylation sites (N-methyl/N-ethyl adjacent to an activating group) is 1. The van der Waals surface area contributed by atoms with Crippen LogP contribution < -0.4 is 5.32 Å². The molecule has 0 aromatic heterocycles. The lowest BCUT2D eigenvalue weighted by atomic mass is 10.2. The Bertz CT molecular complexity index is 422. The van der Waals surface area contributed by atoms with Crippen molar-refractivity contribution >= 4 is 21.8 Å². The van der Waals surface area contributed by atoms with Gasteiger partial charge in [0, 0.05) is 29.7 Å². The smallest absolute Gasteiger partial charge is 0.251 e. The molecule has 1 fully saturated rings. The van der Waals surface area contributed by atoms with Crippen molar-refractivity contribution in [3.63, 3.8) is 0 Å². The molecule has 0 radical (unpaired) electrons. The largest absolute Gasteiger partial charge is 0.374 e. The molecule has 1 amide bonds. The molecule has 1 aliphatic heterocycles. The van der Waals surface area contributed by atoms with Crippen LogP contribution in [0, 0.1) is 0 Å². The number of halogens is 1. The van der Waals surface area contributed by atoms with Gasteiger partial charge in [-0.1, -0.05) is 22.9 Å². The highest BCUT2D eigenvalue weighted by Gasteiger charge is 2.19. The summed E-state index contributed by atoms with van der Waals surface area (Å²) in [4.78, 5) is 14.3. The molecule has 1 unspecified atom stereocenters. The molecule has 1 heterocycles. The Balaban J connectivity index is 1.81. The van der Waals surface area contributed by atoms with Crippen molar-refractivity contribution in [2.24, 2.45) is 0 Å². The summed E-state index contributed by atoms with van der Waals surface area (Å²) < 4.78 is 6.62. The SMILES string of the molecule is CCN1CCOC(CNC(=O)c2ccc(Br)cc2)C1. The van der Waals surface area contributed by atoms with E-state index in [1.54, 1.807) is 12.1 Å². The van der Waals surface area contributed by atoms with Gasteiger partial charge < -0.3 is 10.1 Å². The molecule has 2 rings (SSSR count). The van der Waals surface area contributed by atoms with Crippen molar-refractivity contribution in [2.75, 3.05) is 32.8 Å². The Hall–Kier alpha value is -0.910. The van der Waals surface area contributed by atoms with Crippen LogP contribution in [-0.4, -0.2) is 49.7 Å². The van der Waals surface area contributed by atoms with Gasteiger partial charge in [0.1, 0.15) is 0 Å². The minimum atomic E-state index is -0.0512. The molecule has 1 atom stereocenters. The molecule has 0 aliphatic carbocycles. The first-order chi connectivity index (χ1) is 9.19. The Morgan fingerprint density at radius 1 is 1.47 bits per heavy atom. The van der Waals surface area contributed by atoms with Gasteiger partial charge >= 0.3 is 0 Å². The predicted molar refractivity (Wildman–Crippen MR) is 78.3 cm³/mol. The summed E-state index contributed by atoms with van der Waals surface area (Å²) in [5.41, 5.74) is 0.673. The van der Waals surface area contributed by atoms with Crippen molar-refractivity contribution < 1.29 is 9.53 Å². The van der Waals surface area contributed by atoms with E-state index >= 15 is 0 Å². The molecular weight excluding hydrogens is 308 g/mol. The lowest BCUT2D eigenvalue weighted by molar-refractivity contribution is -0.0246. The van der Waals surface area contributed by atoms with Crippen molar-refractivity contribution in [3.05, 3.63) is 34.3 Å². The Labute approximate surface area is 122 Å². The summed E-state index contributed by atoms with van der Waals surface area (Å²) in [5.74, 6) is -0.0512. The number of nitrogens with one attached hydrogen (secondary N) is 1. The van der Waals surface area contributed by atoms with Crippen LogP contribution in [0.5, 0.6) is 0 Å². The summed E-state index contributed by atoms with van der Waals surface area (Å²) in [5, 5.41) is 2.93. The average molecular weight is 327 g/mol. The van der Waals surface area contributed by atoms with E-state index in [0.29, 0.717) is 12.1 Å². The van der Waals surface area contributed by atoms with Crippen molar-refractivity contribution in [1.82, 2.24) is 10.2 Å². The van der Waals surface area contributed by atoms with E-state index in [-0.39, 0.29) is 12.0 Å². The van der Waals surface area contributed by atoms with Gasteiger partial charge in [0.15, 0.2) is 0 Å². The number of rotatable bonds is 4. The molecule has 0 saturated carbocycles. The monoisotopic (exact) mass is 326 g/mol. The fourth-order valence-corrected chi connectivity index (χ4v) is 2.37. The number of carbonyl (C=O) groups is 1. The van der Waals surface area contributed by atoms with Gasteiger partial charge in [-0.2, -0.15) is 0 Å². The molecule has 1 aromatic rings. The second-order valence-corrected chi connectivity index (χ2v) is 5.52. The van der Waals surface area contributed by atoms with Gasteiger partial charge in [-0.15, -0.1) is 0 Å². The van der Waals surface area contributed by atoms with Crippen LogP contribution >= 0.6 is 15.9 Å². The molecular formula is C14H19BrN2O2. The van der Waals surface area contributed by atoms with Crippen molar-refractivity contribution in [3.8, 4) is 0 Å². The normalized spacial score (nSPS) is 20.2. The molecule has 1 saturated heterocycles. The Morgan fingerprint density at radius 3 is 2.89 bits per heavy atom. The second-order valence-electron chi connectivity index (χ2n) is 4.60. The van der Waals surface area contributed by atoms with Crippen LogP contribution in [0.3, 0.4) is 0 Å². The maximum Gasteiger partial charge on any atom is 0.251 e. The second kappa shape index (κ2) is 7.03. The van der Waals surface area contributed by atoms with E-state index in [0.717, 1.165) is 30.7 Å². The molecule has 4 nitrogen and oxygen atoms in total. The summed E-state index contributed by atoms with van der Waals surface area (Å²) >= 11 is 3.35. The summed E-state index contributed by atoms with van der Waals surface area (Å²) in [6.07, 6.45) is 0.0908. The third-order valence-corrected chi connectivity index (χ3v) is 3.80. The number of hydrogen-bond donors (Lipinski definition) is 1. The molecule has 104 valence electrons. The maximum absolute atomic E-state index is 12.0. The highest BCUT2D eigenvalue weighted by atomic mass is 79.9. The molecule has 0 spiro atoms. The highest BCUT2D eigenvalue weighted by molar-refractivity contribution is 9.10. The zero-order valence-electron chi connectivity index (χ0n) is 11.1. The molecule has 1 aromatic carbocycles. The Morgan fingerprint density at radius 2 is 2.21 bits per heavy atom. The first-order valence-electron chi connectivity index (χ1n) is 6.56. The third-order valence-electron chi connectivity index (χ3n) is 3.27. The van der Waals surface area contributed by atoms with E-state index in [9.17, 15) is 4.79 Å². The highest BCUT2D eigenvalue weighted by Crippen LogP contribution is 2.10. The van der Waals surface area contributed by atoms with Crippen LogP contribution in [0.15, 0.2) is 28.7 Å². The van der Waals surface area contributed by atoms with E-state index in [2.05, 4.69) is 33.1 Å². The van der Waals surface area contributed by atoms with E-state index < -0.39 is 0 Å². The van der Waals surface area contributed by atoms with Gasteiger partial charge in [-0.3, -0.25) is 9.69 Å². The molecule has 1 aliphatic rings. The number of morpholine rings is 1. The molecule has 19 heavy (non-hydrogen) atoms. The predicted octanol–water partition coefficient (Wildman–Crippen LogP) is 1.90. The minimum Gasteiger partial charge on any atom is -0.374 e. The number of benzene rings is 1. The van der Waals surface area contributed by atoms with Crippen molar-refractivity contribution in [2.45, 2.75) is 13.0 Å². The van der Waals surface area contributed by atoms with Gasteiger partial charge in [0.25, 0.3) is 5.91 Å². The molecule has 1 N–H and O–H groups in total. The maximum atomic E-state index is 12.0. The fraction of sp³-hybridized carbons (Fsp3) is 0.500. The third kappa shape index (κ3) is 4.30. The average Bonchev–Trinajstić information content (AvgIpc) is 2.46. The number of nitrogens with zero attached hydrogens (tertiary/aromatic N) is 1. The van der Waals surface area contributed by atoms with Crippen LogP contribution in [0.4, 0.5) is 0 Å². The zero-order chi connectivity index (χ0) is 13.7. The van der Waals surface area contributed by atoms with E-state index in [4.69, 9.17) is 4.74 Å². The first kappa shape index (κ1) is 14.5. The van der Waals surface area contributed by atoms with Crippen LogP contribution in [-0.2, 0) is 4.74 Å². The summed E-state index contributed by atoms with van der Waals surface area (Å²) in [6, 6.07) is 7.34. The fourth-order valence-electron chi connectivity index (χ4n) is 2.10. The number of carbonyl (C=O) groups excluding carboxylic acids is 1. The van der Waals surface area contributed by atoms with Crippen LogP contribution in [0.25, 0.3) is 0 Å². The van der Waals surface area contributed by atoms with Gasteiger partial charge in [0.05, 0.1) is 12.7 Å². The van der Waals surface area contributed by atoms with E-state index in [1.165, 1.54) is 0 Å². The topological polar surface area (TPSA) is 41.6 Å². The lowest BCUT2D eigenvalue weighted by Crippen LogP contribution is -2.47.